The number of nitrogens with zero attached hydrogens (tertiary/aromatic N) is 3. The van der Waals surface area contributed by atoms with Crippen molar-refractivity contribution < 1.29 is 4.79 Å². The number of amides is 1. The fraction of sp³-hybridized carbons (Fsp3) is 0.462. The molecule has 20 heavy (non-hydrogen) atoms. The van der Waals surface area contributed by atoms with Crippen molar-refractivity contribution in [2.45, 2.75) is 34.2 Å². The Labute approximate surface area is 125 Å². The third-order valence-corrected chi connectivity index (χ3v) is 5.10. The van der Waals surface area contributed by atoms with Crippen molar-refractivity contribution in [3.63, 3.8) is 0 Å². The number of hydrogen-bond acceptors (Lipinski definition) is 5. The van der Waals surface area contributed by atoms with Crippen molar-refractivity contribution in [2.75, 3.05) is 11.4 Å². The van der Waals surface area contributed by atoms with Crippen LogP contribution in [0.25, 0.3) is 0 Å². The third kappa shape index (κ3) is 2.83. The lowest BCUT2D eigenvalue weighted by Crippen LogP contribution is -2.35. The fourth-order valence-electron chi connectivity index (χ4n) is 1.87. The Morgan fingerprint density at radius 1 is 1.40 bits per heavy atom. The highest BCUT2D eigenvalue weighted by Gasteiger charge is 2.19. The van der Waals surface area contributed by atoms with Gasteiger partial charge in [-0.15, -0.1) is 11.3 Å². The van der Waals surface area contributed by atoms with Crippen LogP contribution in [0.3, 0.4) is 0 Å². The molecule has 0 N–H and O–H groups in total. The molecule has 0 unspecified atom stereocenters. The van der Waals surface area contributed by atoms with Gasteiger partial charge in [0, 0.05) is 22.5 Å². The lowest BCUT2D eigenvalue weighted by Gasteiger charge is -2.18. The smallest absolute Gasteiger partial charge is 0.294 e. The second kappa shape index (κ2) is 5.88. The minimum atomic E-state index is -0.107. The van der Waals surface area contributed by atoms with Crippen molar-refractivity contribution in [3.05, 3.63) is 31.3 Å². The van der Waals surface area contributed by atoms with Crippen LogP contribution in [0.2, 0.25) is 0 Å². The molecule has 0 spiro atoms. The van der Waals surface area contributed by atoms with Gasteiger partial charge < -0.3 is 0 Å². The molecule has 5 nitrogen and oxygen atoms in total. The van der Waals surface area contributed by atoms with Gasteiger partial charge in [0.25, 0.3) is 0 Å². The van der Waals surface area contributed by atoms with Crippen molar-refractivity contribution >= 4 is 33.7 Å². The molecule has 0 radical (unpaired) electrons. The van der Waals surface area contributed by atoms with E-state index in [4.69, 9.17) is 0 Å². The van der Waals surface area contributed by atoms with Gasteiger partial charge in [-0.05, 0) is 27.7 Å². The Bertz CT molecular complexity index is 684. The summed E-state index contributed by atoms with van der Waals surface area (Å²) in [6.45, 7) is 8.18. The molecule has 2 aromatic heterocycles. The second-order valence-electron chi connectivity index (χ2n) is 4.51. The van der Waals surface area contributed by atoms with E-state index >= 15 is 0 Å². The maximum absolute atomic E-state index is 12.4. The summed E-state index contributed by atoms with van der Waals surface area (Å²) in [7, 11) is 0. The van der Waals surface area contributed by atoms with E-state index < -0.39 is 0 Å². The molecule has 108 valence electrons. The maximum atomic E-state index is 12.4. The molecular weight excluding hydrogens is 294 g/mol. The number of thiazole rings is 2. The van der Waals surface area contributed by atoms with E-state index in [2.05, 4.69) is 4.98 Å². The molecule has 0 atom stereocenters. The summed E-state index contributed by atoms with van der Waals surface area (Å²) in [6.07, 6.45) is 0. The highest BCUT2D eigenvalue weighted by atomic mass is 32.1. The Kier molecular flexibility index (Phi) is 4.39. The average molecular weight is 311 g/mol. The Balaban J connectivity index is 2.24. The zero-order chi connectivity index (χ0) is 14.9. The van der Waals surface area contributed by atoms with Crippen LogP contribution in [0.5, 0.6) is 0 Å². The minimum absolute atomic E-state index is 0.0709. The SMILES string of the molecule is CCN(C(=O)Cn1c(C)c(C)sc1=O)c1nc(C)cs1. The number of hydrogen-bond donors (Lipinski definition) is 0. The maximum Gasteiger partial charge on any atom is 0.308 e. The molecule has 0 aliphatic rings. The first-order valence-corrected chi connectivity index (χ1v) is 8.03. The summed E-state index contributed by atoms with van der Waals surface area (Å²) in [5, 5.41) is 2.60. The number of anilines is 1. The van der Waals surface area contributed by atoms with E-state index in [1.54, 1.807) is 4.90 Å². The zero-order valence-electron chi connectivity index (χ0n) is 12.0. The van der Waals surface area contributed by atoms with Crippen LogP contribution in [0, 0.1) is 20.8 Å². The van der Waals surface area contributed by atoms with Crippen LogP contribution in [-0.2, 0) is 11.3 Å². The van der Waals surface area contributed by atoms with E-state index in [-0.39, 0.29) is 17.3 Å². The number of likely N-dealkylation sites (N-methyl/N-ethyl adjacent to an activating group) is 1. The van der Waals surface area contributed by atoms with Gasteiger partial charge in [-0.25, -0.2) is 4.98 Å². The highest BCUT2D eigenvalue weighted by molar-refractivity contribution is 7.14. The molecule has 0 aliphatic heterocycles. The predicted octanol–water partition coefficient (Wildman–Crippen LogP) is 2.34. The van der Waals surface area contributed by atoms with Crippen LogP contribution in [0.15, 0.2) is 10.2 Å². The van der Waals surface area contributed by atoms with Crippen LogP contribution in [0.1, 0.15) is 23.2 Å². The summed E-state index contributed by atoms with van der Waals surface area (Å²) in [5.41, 5.74) is 1.76. The van der Waals surface area contributed by atoms with Gasteiger partial charge >= 0.3 is 4.87 Å². The van der Waals surface area contributed by atoms with E-state index in [0.29, 0.717) is 11.7 Å². The molecule has 7 heteroatoms. The van der Waals surface area contributed by atoms with Crippen molar-refractivity contribution in [1.82, 2.24) is 9.55 Å². The second-order valence-corrected chi connectivity index (χ2v) is 6.51. The van der Waals surface area contributed by atoms with Crippen molar-refractivity contribution in [3.8, 4) is 0 Å². The number of aromatic nitrogens is 2. The molecule has 0 saturated carbocycles. The lowest BCUT2D eigenvalue weighted by molar-refractivity contribution is -0.119. The molecule has 1 amide bonds. The van der Waals surface area contributed by atoms with E-state index in [1.807, 2.05) is 33.1 Å². The first-order valence-electron chi connectivity index (χ1n) is 6.33. The highest BCUT2D eigenvalue weighted by Crippen LogP contribution is 2.20. The first kappa shape index (κ1) is 14.9. The summed E-state index contributed by atoms with van der Waals surface area (Å²) in [6, 6.07) is 0. The Morgan fingerprint density at radius 2 is 2.10 bits per heavy atom. The third-order valence-electron chi connectivity index (χ3n) is 3.12. The topological polar surface area (TPSA) is 55.2 Å². The largest absolute Gasteiger partial charge is 0.308 e. The summed E-state index contributed by atoms with van der Waals surface area (Å²) in [4.78, 5) is 31.1. The average Bonchev–Trinajstić information content (AvgIpc) is 2.90. The summed E-state index contributed by atoms with van der Waals surface area (Å²) >= 11 is 2.62. The van der Waals surface area contributed by atoms with Crippen LogP contribution < -0.4 is 9.77 Å². The molecule has 2 heterocycles. The molecule has 2 aromatic rings. The van der Waals surface area contributed by atoms with E-state index in [9.17, 15) is 9.59 Å². The molecular formula is C13H17N3O2S2. The normalized spacial score (nSPS) is 10.8. The van der Waals surface area contributed by atoms with Gasteiger partial charge in [0.05, 0.1) is 5.69 Å². The number of carbonyl (C=O) groups is 1. The van der Waals surface area contributed by atoms with Crippen molar-refractivity contribution in [2.24, 2.45) is 0 Å². The van der Waals surface area contributed by atoms with Gasteiger partial charge in [0.2, 0.25) is 5.91 Å². The minimum Gasteiger partial charge on any atom is -0.294 e. The van der Waals surface area contributed by atoms with Gasteiger partial charge in [-0.1, -0.05) is 11.3 Å². The number of rotatable bonds is 4. The zero-order valence-corrected chi connectivity index (χ0v) is 13.6. The van der Waals surface area contributed by atoms with E-state index in [1.165, 1.54) is 27.2 Å². The molecule has 0 fully saturated rings. The number of aryl methyl sites for hydroxylation is 2. The van der Waals surface area contributed by atoms with Crippen LogP contribution >= 0.6 is 22.7 Å². The predicted molar refractivity (Wildman–Crippen MR) is 82.9 cm³/mol. The van der Waals surface area contributed by atoms with Crippen LogP contribution in [-0.4, -0.2) is 22.0 Å². The van der Waals surface area contributed by atoms with Crippen LogP contribution in [0.4, 0.5) is 5.13 Å². The van der Waals surface area contributed by atoms with Gasteiger partial charge in [-0.2, -0.15) is 0 Å². The molecule has 0 saturated heterocycles. The van der Waals surface area contributed by atoms with Gasteiger partial charge in [0.1, 0.15) is 6.54 Å². The van der Waals surface area contributed by atoms with Gasteiger partial charge in [0.15, 0.2) is 5.13 Å². The van der Waals surface area contributed by atoms with Crippen molar-refractivity contribution in [1.29, 1.82) is 0 Å². The quantitative estimate of drug-likeness (QED) is 0.871. The monoisotopic (exact) mass is 311 g/mol. The molecule has 0 bridgehead atoms. The Hall–Kier alpha value is -1.47. The summed E-state index contributed by atoms with van der Waals surface area (Å²) in [5.74, 6) is -0.107. The number of carbonyl (C=O) groups excluding carboxylic acids is 1. The summed E-state index contributed by atoms with van der Waals surface area (Å²) < 4.78 is 1.53. The molecule has 0 aromatic carbocycles. The fourth-order valence-corrected chi connectivity index (χ4v) is 3.59. The molecule has 0 aliphatic carbocycles. The Morgan fingerprint density at radius 3 is 2.55 bits per heavy atom. The first-order chi connectivity index (χ1) is 9.43. The lowest BCUT2D eigenvalue weighted by atomic mass is 10.4. The molecule has 2 rings (SSSR count). The standard InChI is InChI=1S/C13H17N3O2S2/c1-5-15(12-14-8(2)7-19-12)11(17)6-16-9(3)10(4)20-13(16)18/h7H,5-6H2,1-4H3. The van der Waals surface area contributed by atoms with E-state index in [0.717, 1.165) is 16.3 Å². The van der Waals surface area contributed by atoms with Gasteiger partial charge in [-0.3, -0.25) is 19.1 Å².